The van der Waals surface area contributed by atoms with Crippen molar-refractivity contribution in [2.24, 2.45) is 0 Å². The zero-order valence-corrected chi connectivity index (χ0v) is 12.9. The van der Waals surface area contributed by atoms with Gasteiger partial charge in [-0.2, -0.15) is 0 Å². The van der Waals surface area contributed by atoms with Crippen molar-refractivity contribution in [3.05, 3.63) is 33.8 Å². The zero-order chi connectivity index (χ0) is 14.9. The average molecular weight is 315 g/mol. The number of benzene rings is 1. The van der Waals surface area contributed by atoms with Crippen LogP contribution in [0.5, 0.6) is 0 Å². The van der Waals surface area contributed by atoms with E-state index in [0.29, 0.717) is 16.5 Å². The van der Waals surface area contributed by atoms with Crippen LogP contribution in [0.25, 0.3) is 0 Å². The van der Waals surface area contributed by atoms with Gasteiger partial charge in [-0.3, -0.25) is 9.59 Å². The third kappa shape index (κ3) is 2.91. The van der Waals surface area contributed by atoms with Crippen molar-refractivity contribution in [3.8, 4) is 0 Å². The molecule has 1 aromatic carbocycles. The van der Waals surface area contributed by atoms with Crippen molar-refractivity contribution >= 4 is 35.0 Å². The summed E-state index contributed by atoms with van der Waals surface area (Å²) in [6, 6.07) is 5.09. The minimum Gasteiger partial charge on any atom is -0.340 e. The first-order chi connectivity index (χ1) is 9.35. The molecular weight excluding hydrogens is 299 g/mol. The van der Waals surface area contributed by atoms with Crippen LogP contribution in [0.1, 0.15) is 25.8 Å². The molecule has 2 rings (SSSR count). The molecule has 0 saturated carbocycles. The summed E-state index contributed by atoms with van der Waals surface area (Å²) in [6.07, 6.45) is 0.539. The summed E-state index contributed by atoms with van der Waals surface area (Å²) < 4.78 is 0. The molecule has 1 saturated heterocycles. The molecule has 0 aliphatic carbocycles. The maximum absolute atomic E-state index is 12.5. The third-order valence-corrected chi connectivity index (χ3v) is 4.19. The van der Waals surface area contributed by atoms with Crippen LogP contribution in [0.2, 0.25) is 10.0 Å². The van der Waals surface area contributed by atoms with Crippen LogP contribution in [-0.4, -0.2) is 28.8 Å². The molecule has 0 bridgehead atoms. The molecule has 1 N–H and O–H groups in total. The molecule has 108 valence electrons. The van der Waals surface area contributed by atoms with Gasteiger partial charge < -0.3 is 10.2 Å². The van der Waals surface area contributed by atoms with Gasteiger partial charge in [0.25, 0.3) is 0 Å². The normalized spacial score (nSPS) is 22.9. The summed E-state index contributed by atoms with van der Waals surface area (Å²) >= 11 is 12.0. The summed E-state index contributed by atoms with van der Waals surface area (Å²) in [5, 5.41) is 3.83. The second-order valence-electron chi connectivity index (χ2n) is 5.13. The van der Waals surface area contributed by atoms with Gasteiger partial charge in [-0.15, -0.1) is 0 Å². The fourth-order valence-electron chi connectivity index (χ4n) is 2.23. The predicted molar refractivity (Wildman–Crippen MR) is 78.7 cm³/mol. The number of nitrogens with one attached hydrogen (secondary N) is 1. The minimum atomic E-state index is -0.847. The van der Waals surface area contributed by atoms with Gasteiger partial charge in [0.1, 0.15) is 5.54 Å². The highest BCUT2D eigenvalue weighted by atomic mass is 35.5. The zero-order valence-electron chi connectivity index (χ0n) is 11.4. The molecule has 0 aromatic heterocycles. The average Bonchev–Trinajstić information content (AvgIpc) is 2.39. The standard InChI is InChI=1S/C14H16Cl2N2O2/c1-3-14(2)13(20)18(8-12(19)17-14)7-9-6-10(15)4-5-11(9)16/h4-6H,3,7-8H2,1-2H3,(H,17,19). The van der Waals surface area contributed by atoms with E-state index in [1.807, 2.05) is 6.92 Å². The lowest BCUT2D eigenvalue weighted by molar-refractivity contribution is -0.149. The summed E-state index contributed by atoms with van der Waals surface area (Å²) in [5.41, 5.74) is -0.110. The minimum absolute atomic E-state index is 0.0390. The number of hydrogen-bond acceptors (Lipinski definition) is 2. The van der Waals surface area contributed by atoms with E-state index in [2.05, 4.69) is 5.32 Å². The maximum Gasteiger partial charge on any atom is 0.248 e. The third-order valence-electron chi connectivity index (χ3n) is 3.59. The smallest absolute Gasteiger partial charge is 0.248 e. The lowest BCUT2D eigenvalue weighted by atomic mass is 9.94. The van der Waals surface area contributed by atoms with Crippen molar-refractivity contribution in [1.82, 2.24) is 10.2 Å². The number of hydrogen-bond donors (Lipinski definition) is 1. The van der Waals surface area contributed by atoms with Crippen molar-refractivity contribution in [2.45, 2.75) is 32.4 Å². The Morgan fingerprint density at radius 3 is 2.70 bits per heavy atom. The van der Waals surface area contributed by atoms with E-state index in [9.17, 15) is 9.59 Å². The van der Waals surface area contributed by atoms with Crippen LogP contribution in [-0.2, 0) is 16.1 Å². The van der Waals surface area contributed by atoms with Gasteiger partial charge in [-0.25, -0.2) is 0 Å². The van der Waals surface area contributed by atoms with Crippen LogP contribution in [0.15, 0.2) is 18.2 Å². The number of nitrogens with zero attached hydrogens (tertiary/aromatic N) is 1. The number of amides is 2. The molecule has 0 spiro atoms. The fraction of sp³-hybridized carbons (Fsp3) is 0.429. The van der Waals surface area contributed by atoms with E-state index < -0.39 is 5.54 Å². The van der Waals surface area contributed by atoms with Crippen molar-refractivity contribution in [2.75, 3.05) is 6.54 Å². The van der Waals surface area contributed by atoms with Crippen LogP contribution >= 0.6 is 23.2 Å². The number of rotatable bonds is 3. The van der Waals surface area contributed by atoms with Crippen molar-refractivity contribution < 1.29 is 9.59 Å². The van der Waals surface area contributed by atoms with E-state index in [4.69, 9.17) is 23.2 Å². The summed E-state index contributed by atoms with van der Waals surface area (Å²) in [7, 11) is 0. The van der Waals surface area contributed by atoms with Crippen LogP contribution in [0.3, 0.4) is 0 Å². The summed E-state index contributed by atoms with van der Waals surface area (Å²) in [6.45, 7) is 3.92. The maximum atomic E-state index is 12.5. The molecule has 1 fully saturated rings. The van der Waals surface area contributed by atoms with Crippen molar-refractivity contribution in [3.63, 3.8) is 0 Å². The van der Waals surface area contributed by atoms with Gasteiger partial charge in [0.05, 0.1) is 6.54 Å². The van der Waals surface area contributed by atoms with Crippen LogP contribution in [0.4, 0.5) is 0 Å². The molecule has 1 heterocycles. The monoisotopic (exact) mass is 314 g/mol. The molecule has 1 aliphatic heterocycles. The first-order valence-electron chi connectivity index (χ1n) is 6.40. The van der Waals surface area contributed by atoms with E-state index in [0.717, 1.165) is 5.56 Å². The Bertz CT molecular complexity index is 562. The predicted octanol–water partition coefficient (Wildman–Crippen LogP) is 2.62. The SMILES string of the molecule is CCC1(C)NC(=O)CN(Cc2cc(Cl)ccc2Cl)C1=O. The van der Waals surface area contributed by atoms with Gasteiger partial charge in [-0.05, 0) is 37.1 Å². The molecule has 1 atom stereocenters. The second-order valence-corrected chi connectivity index (χ2v) is 5.97. The molecule has 1 aliphatic rings. The highest BCUT2D eigenvalue weighted by molar-refractivity contribution is 6.33. The van der Waals surface area contributed by atoms with Crippen LogP contribution < -0.4 is 5.32 Å². The van der Waals surface area contributed by atoms with E-state index >= 15 is 0 Å². The molecule has 1 unspecified atom stereocenters. The Kier molecular flexibility index (Phi) is 4.25. The largest absolute Gasteiger partial charge is 0.340 e. The Balaban J connectivity index is 2.26. The Morgan fingerprint density at radius 1 is 1.35 bits per heavy atom. The molecular formula is C14H16Cl2N2O2. The van der Waals surface area contributed by atoms with Crippen molar-refractivity contribution in [1.29, 1.82) is 0 Å². The van der Waals surface area contributed by atoms with Gasteiger partial charge in [0, 0.05) is 16.6 Å². The van der Waals surface area contributed by atoms with Gasteiger partial charge in [0.2, 0.25) is 11.8 Å². The van der Waals surface area contributed by atoms with E-state index in [-0.39, 0.29) is 24.9 Å². The summed E-state index contributed by atoms with van der Waals surface area (Å²) in [5.74, 6) is -0.261. The topological polar surface area (TPSA) is 49.4 Å². The van der Waals surface area contributed by atoms with Gasteiger partial charge in [0.15, 0.2) is 0 Å². The van der Waals surface area contributed by atoms with Gasteiger partial charge in [-0.1, -0.05) is 30.1 Å². The lowest BCUT2D eigenvalue weighted by Gasteiger charge is -2.39. The molecule has 20 heavy (non-hydrogen) atoms. The summed E-state index contributed by atoms with van der Waals surface area (Å²) in [4.78, 5) is 25.7. The molecule has 0 radical (unpaired) electrons. The highest BCUT2D eigenvalue weighted by Crippen LogP contribution is 2.25. The number of halogens is 2. The number of carbonyl (C=O) groups is 2. The number of carbonyl (C=O) groups excluding carboxylic acids is 2. The Labute approximate surface area is 128 Å². The van der Waals surface area contributed by atoms with E-state index in [1.165, 1.54) is 4.90 Å². The molecule has 4 nitrogen and oxygen atoms in total. The lowest BCUT2D eigenvalue weighted by Crippen LogP contribution is -2.64. The van der Waals surface area contributed by atoms with E-state index in [1.54, 1.807) is 25.1 Å². The Hall–Kier alpha value is -1.26. The van der Waals surface area contributed by atoms with Gasteiger partial charge >= 0.3 is 0 Å². The molecule has 2 amide bonds. The first kappa shape index (κ1) is 15.1. The highest BCUT2D eigenvalue weighted by Gasteiger charge is 2.41. The number of piperazine rings is 1. The Morgan fingerprint density at radius 2 is 2.05 bits per heavy atom. The molecule has 6 heteroatoms. The quantitative estimate of drug-likeness (QED) is 0.932. The molecule has 1 aromatic rings. The second kappa shape index (κ2) is 5.62. The van der Waals surface area contributed by atoms with Crippen LogP contribution in [0, 0.1) is 0 Å². The fourth-order valence-corrected chi connectivity index (χ4v) is 2.60. The first-order valence-corrected chi connectivity index (χ1v) is 7.15.